The Morgan fingerprint density at radius 3 is 2.29 bits per heavy atom. The van der Waals surface area contributed by atoms with E-state index in [9.17, 15) is 17.6 Å². The second kappa shape index (κ2) is 11.3. The Morgan fingerprint density at radius 1 is 0.857 bits per heavy atom. The topological polar surface area (TPSA) is 81.8 Å². The Hall–Kier alpha value is -3.43. The normalized spacial score (nSPS) is 14.5. The van der Waals surface area contributed by atoms with E-state index in [1.165, 1.54) is 28.6 Å². The van der Waals surface area contributed by atoms with Crippen molar-refractivity contribution in [3.8, 4) is 0 Å². The molecule has 0 saturated carbocycles. The Morgan fingerprint density at radius 2 is 1.57 bits per heavy atom. The molecular weight excluding hydrogens is 467 g/mol. The third-order valence-corrected chi connectivity index (χ3v) is 7.80. The molecule has 1 heterocycles. The van der Waals surface area contributed by atoms with Crippen LogP contribution in [0.3, 0.4) is 0 Å². The van der Waals surface area contributed by atoms with Crippen molar-refractivity contribution in [1.82, 2.24) is 9.62 Å². The minimum Gasteiger partial charge on any atom is -0.385 e. The first-order chi connectivity index (χ1) is 16.9. The van der Waals surface area contributed by atoms with Crippen LogP contribution in [0.1, 0.15) is 16.8 Å². The molecule has 0 aromatic heterocycles. The standard InChI is InChI=1S/C26H29FN4O3S/c27-22-10-12-24(13-11-22)30-16-18-31(19-17-30)35(33,34)25-9-4-6-21(20-25)26(32)29-15-5-14-28-23-7-2-1-3-8-23/h1-4,6-13,20,28H,5,14-19H2,(H,29,32). The number of piperazine rings is 1. The van der Waals surface area contributed by atoms with Crippen LogP contribution in [0.15, 0.2) is 83.8 Å². The number of halogens is 1. The number of rotatable bonds is 9. The van der Waals surface area contributed by atoms with Gasteiger partial charge in [-0.15, -0.1) is 0 Å². The first kappa shape index (κ1) is 24.7. The molecule has 3 aromatic rings. The lowest BCUT2D eigenvalue weighted by Crippen LogP contribution is -2.48. The highest BCUT2D eigenvalue weighted by atomic mass is 32.2. The summed E-state index contributed by atoms with van der Waals surface area (Å²) in [6, 6.07) is 22.2. The van der Waals surface area contributed by atoms with Crippen LogP contribution in [0, 0.1) is 5.82 Å². The van der Waals surface area contributed by atoms with Gasteiger partial charge in [0.1, 0.15) is 5.82 Å². The molecule has 0 unspecified atom stereocenters. The number of carbonyl (C=O) groups excluding carboxylic acids is 1. The molecule has 4 rings (SSSR count). The minimum absolute atomic E-state index is 0.103. The molecule has 0 atom stereocenters. The SMILES string of the molecule is O=C(NCCCNc1ccccc1)c1cccc(S(=O)(=O)N2CCN(c3ccc(F)cc3)CC2)c1. The van der Waals surface area contributed by atoms with Gasteiger partial charge in [0.25, 0.3) is 5.91 Å². The maximum Gasteiger partial charge on any atom is 0.251 e. The average Bonchev–Trinajstić information content (AvgIpc) is 2.89. The van der Waals surface area contributed by atoms with E-state index in [1.54, 1.807) is 24.3 Å². The number of hydrogen-bond acceptors (Lipinski definition) is 5. The maximum atomic E-state index is 13.2. The number of hydrogen-bond donors (Lipinski definition) is 2. The van der Waals surface area contributed by atoms with E-state index in [0.29, 0.717) is 44.8 Å². The van der Waals surface area contributed by atoms with Gasteiger partial charge in [0, 0.05) is 56.2 Å². The van der Waals surface area contributed by atoms with Crippen molar-refractivity contribution in [3.63, 3.8) is 0 Å². The Kier molecular flexibility index (Phi) is 7.99. The van der Waals surface area contributed by atoms with Gasteiger partial charge in [-0.3, -0.25) is 4.79 Å². The number of nitrogens with zero attached hydrogens (tertiary/aromatic N) is 2. The first-order valence-corrected chi connectivity index (χ1v) is 13.1. The van der Waals surface area contributed by atoms with E-state index in [1.807, 2.05) is 35.2 Å². The molecule has 1 aliphatic rings. The molecule has 1 aliphatic heterocycles. The third-order valence-electron chi connectivity index (χ3n) is 5.91. The smallest absolute Gasteiger partial charge is 0.251 e. The van der Waals surface area contributed by atoms with Crippen molar-refractivity contribution in [3.05, 3.63) is 90.2 Å². The van der Waals surface area contributed by atoms with E-state index in [4.69, 9.17) is 0 Å². The summed E-state index contributed by atoms with van der Waals surface area (Å²) < 4.78 is 41.0. The van der Waals surface area contributed by atoms with E-state index in [-0.39, 0.29) is 16.6 Å². The summed E-state index contributed by atoms with van der Waals surface area (Å²) in [5, 5.41) is 6.13. The number of nitrogens with one attached hydrogen (secondary N) is 2. The van der Waals surface area contributed by atoms with Gasteiger partial charge in [0.15, 0.2) is 0 Å². The number of amides is 1. The molecule has 1 amide bonds. The lowest BCUT2D eigenvalue weighted by Gasteiger charge is -2.35. The largest absolute Gasteiger partial charge is 0.385 e. The van der Waals surface area contributed by atoms with Crippen LogP contribution in [-0.4, -0.2) is 57.9 Å². The van der Waals surface area contributed by atoms with Gasteiger partial charge in [-0.25, -0.2) is 12.8 Å². The fraction of sp³-hybridized carbons (Fsp3) is 0.269. The van der Waals surface area contributed by atoms with Gasteiger partial charge in [-0.2, -0.15) is 4.31 Å². The fourth-order valence-electron chi connectivity index (χ4n) is 3.97. The molecule has 0 aliphatic carbocycles. The van der Waals surface area contributed by atoms with E-state index < -0.39 is 10.0 Å². The van der Waals surface area contributed by atoms with Crippen LogP contribution in [0.25, 0.3) is 0 Å². The highest BCUT2D eigenvalue weighted by Crippen LogP contribution is 2.22. The number of carbonyl (C=O) groups is 1. The lowest BCUT2D eigenvalue weighted by molar-refractivity contribution is 0.0953. The van der Waals surface area contributed by atoms with Crippen molar-refractivity contribution < 1.29 is 17.6 Å². The van der Waals surface area contributed by atoms with Crippen molar-refractivity contribution in [2.45, 2.75) is 11.3 Å². The second-order valence-corrected chi connectivity index (χ2v) is 10.2. The Bertz CT molecular complexity index is 1230. The van der Waals surface area contributed by atoms with Crippen LogP contribution in [0.4, 0.5) is 15.8 Å². The first-order valence-electron chi connectivity index (χ1n) is 11.6. The molecular formula is C26H29FN4O3S. The molecule has 7 nitrogen and oxygen atoms in total. The Balaban J connectivity index is 1.30. The Labute approximate surface area is 205 Å². The molecule has 0 bridgehead atoms. The van der Waals surface area contributed by atoms with Crippen molar-refractivity contribution in [2.24, 2.45) is 0 Å². The van der Waals surface area contributed by atoms with Gasteiger partial charge in [-0.1, -0.05) is 24.3 Å². The summed E-state index contributed by atoms with van der Waals surface area (Å²) in [6.07, 6.45) is 0.733. The fourth-order valence-corrected chi connectivity index (χ4v) is 5.44. The zero-order valence-electron chi connectivity index (χ0n) is 19.4. The highest BCUT2D eigenvalue weighted by molar-refractivity contribution is 7.89. The summed E-state index contributed by atoms with van der Waals surface area (Å²) >= 11 is 0. The molecule has 1 fully saturated rings. The van der Waals surface area contributed by atoms with E-state index in [2.05, 4.69) is 10.6 Å². The average molecular weight is 497 g/mol. The van der Waals surface area contributed by atoms with Gasteiger partial charge in [0.2, 0.25) is 10.0 Å². The summed E-state index contributed by atoms with van der Waals surface area (Å²) in [6.45, 7) is 2.81. The van der Waals surface area contributed by atoms with Gasteiger partial charge < -0.3 is 15.5 Å². The van der Waals surface area contributed by atoms with E-state index in [0.717, 1.165) is 17.8 Å². The van der Waals surface area contributed by atoms with Crippen LogP contribution in [0.2, 0.25) is 0 Å². The van der Waals surface area contributed by atoms with Crippen molar-refractivity contribution in [1.29, 1.82) is 0 Å². The third kappa shape index (κ3) is 6.37. The summed E-state index contributed by atoms with van der Waals surface area (Å²) in [5.41, 5.74) is 2.20. The number of sulfonamides is 1. The maximum absolute atomic E-state index is 13.2. The minimum atomic E-state index is -3.73. The summed E-state index contributed by atoms with van der Waals surface area (Å²) in [4.78, 5) is 14.7. The second-order valence-electron chi connectivity index (χ2n) is 8.30. The van der Waals surface area contributed by atoms with Gasteiger partial charge in [0.05, 0.1) is 4.90 Å². The number of anilines is 2. The molecule has 0 spiro atoms. The number of benzene rings is 3. The zero-order valence-corrected chi connectivity index (χ0v) is 20.2. The summed E-state index contributed by atoms with van der Waals surface area (Å²) in [7, 11) is -3.73. The van der Waals surface area contributed by atoms with Crippen LogP contribution in [-0.2, 0) is 10.0 Å². The monoisotopic (exact) mass is 496 g/mol. The zero-order chi connectivity index (χ0) is 24.7. The predicted molar refractivity (Wildman–Crippen MR) is 136 cm³/mol. The van der Waals surface area contributed by atoms with Crippen molar-refractivity contribution >= 4 is 27.3 Å². The highest BCUT2D eigenvalue weighted by Gasteiger charge is 2.29. The summed E-state index contributed by atoms with van der Waals surface area (Å²) in [5.74, 6) is -0.606. The predicted octanol–water partition coefficient (Wildman–Crippen LogP) is 3.57. The molecule has 3 aromatic carbocycles. The quantitative estimate of drug-likeness (QED) is 0.443. The number of para-hydroxylation sites is 1. The molecule has 1 saturated heterocycles. The van der Waals surface area contributed by atoms with Crippen LogP contribution in [0.5, 0.6) is 0 Å². The molecule has 0 radical (unpaired) electrons. The van der Waals surface area contributed by atoms with Gasteiger partial charge in [-0.05, 0) is 61.0 Å². The molecule has 184 valence electrons. The molecule has 2 N–H and O–H groups in total. The van der Waals surface area contributed by atoms with E-state index >= 15 is 0 Å². The molecule has 35 heavy (non-hydrogen) atoms. The van der Waals surface area contributed by atoms with Gasteiger partial charge >= 0.3 is 0 Å². The van der Waals surface area contributed by atoms with Crippen LogP contribution < -0.4 is 15.5 Å². The van der Waals surface area contributed by atoms with Crippen LogP contribution >= 0.6 is 0 Å². The molecule has 9 heteroatoms. The lowest BCUT2D eigenvalue weighted by atomic mass is 10.2. The van der Waals surface area contributed by atoms with Crippen molar-refractivity contribution in [2.75, 3.05) is 49.5 Å².